The Kier molecular flexibility index (Phi) is 4.27. The SMILES string of the molecule is CC(C)(C)c1ccc(Sc2ccc(CO)cc2)nc1. The Morgan fingerprint density at radius 3 is 2.21 bits per heavy atom. The number of aliphatic hydroxyl groups is 1. The Hall–Kier alpha value is -1.32. The van der Waals surface area contributed by atoms with Gasteiger partial charge in [0.05, 0.1) is 6.61 Å². The van der Waals surface area contributed by atoms with Gasteiger partial charge in [-0.3, -0.25) is 0 Å². The fraction of sp³-hybridized carbons (Fsp3) is 0.312. The van der Waals surface area contributed by atoms with Gasteiger partial charge in [0.25, 0.3) is 0 Å². The van der Waals surface area contributed by atoms with Crippen molar-refractivity contribution in [2.45, 2.75) is 42.7 Å². The molecule has 0 unspecified atom stereocenters. The lowest BCUT2D eigenvalue weighted by Crippen LogP contribution is -2.11. The molecule has 0 aliphatic carbocycles. The maximum atomic E-state index is 9.01. The van der Waals surface area contributed by atoms with Gasteiger partial charge in [-0.15, -0.1) is 0 Å². The van der Waals surface area contributed by atoms with Crippen molar-refractivity contribution in [2.75, 3.05) is 0 Å². The van der Waals surface area contributed by atoms with Crippen LogP contribution in [-0.4, -0.2) is 10.1 Å². The van der Waals surface area contributed by atoms with Crippen LogP contribution < -0.4 is 0 Å². The van der Waals surface area contributed by atoms with Gasteiger partial charge >= 0.3 is 0 Å². The normalized spacial score (nSPS) is 11.6. The molecule has 100 valence electrons. The summed E-state index contributed by atoms with van der Waals surface area (Å²) in [4.78, 5) is 5.63. The molecule has 1 aromatic heterocycles. The second-order valence-corrected chi connectivity index (χ2v) is 6.63. The Bertz CT molecular complexity index is 526. The van der Waals surface area contributed by atoms with Crippen LogP contribution in [0.15, 0.2) is 52.5 Å². The molecule has 0 saturated heterocycles. The molecule has 0 amide bonds. The average Bonchev–Trinajstić information content (AvgIpc) is 2.39. The molecule has 0 aliphatic heterocycles. The molecule has 2 aromatic rings. The van der Waals surface area contributed by atoms with E-state index in [1.165, 1.54) is 5.56 Å². The summed E-state index contributed by atoms with van der Waals surface area (Å²) in [6.45, 7) is 6.64. The molecular formula is C16H19NOS. The molecule has 0 radical (unpaired) electrons. The van der Waals surface area contributed by atoms with E-state index in [1.54, 1.807) is 11.8 Å². The molecule has 0 atom stereocenters. The second-order valence-electron chi connectivity index (χ2n) is 5.54. The minimum absolute atomic E-state index is 0.0868. The van der Waals surface area contributed by atoms with Crippen LogP contribution in [0.25, 0.3) is 0 Å². The molecule has 0 fully saturated rings. The topological polar surface area (TPSA) is 33.1 Å². The van der Waals surface area contributed by atoms with Crippen molar-refractivity contribution in [3.05, 3.63) is 53.7 Å². The molecular weight excluding hydrogens is 254 g/mol. The van der Waals surface area contributed by atoms with Gasteiger partial charge in [0.2, 0.25) is 0 Å². The number of nitrogens with zero attached hydrogens (tertiary/aromatic N) is 1. The highest BCUT2D eigenvalue weighted by molar-refractivity contribution is 7.99. The fourth-order valence-electron chi connectivity index (χ4n) is 1.67. The number of hydrogen-bond acceptors (Lipinski definition) is 3. The van der Waals surface area contributed by atoms with Crippen molar-refractivity contribution in [3.8, 4) is 0 Å². The van der Waals surface area contributed by atoms with Crippen LogP contribution >= 0.6 is 11.8 Å². The summed E-state index contributed by atoms with van der Waals surface area (Å²) in [7, 11) is 0. The van der Waals surface area contributed by atoms with E-state index in [9.17, 15) is 0 Å². The van der Waals surface area contributed by atoms with Crippen LogP contribution in [0.1, 0.15) is 31.9 Å². The lowest BCUT2D eigenvalue weighted by Gasteiger charge is -2.18. The zero-order chi connectivity index (χ0) is 13.9. The van der Waals surface area contributed by atoms with Gasteiger partial charge in [0, 0.05) is 11.1 Å². The van der Waals surface area contributed by atoms with E-state index in [-0.39, 0.29) is 12.0 Å². The molecule has 1 heterocycles. The molecule has 2 rings (SSSR count). The Balaban J connectivity index is 2.10. The zero-order valence-electron chi connectivity index (χ0n) is 11.6. The van der Waals surface area contributed by atoms with Gasteiger partial charge in [-0.05, 0) is 34.7 Å². The third-order valence-corrected chi connectivity index (χ3v) is 3.89. The van der Waals surface area contributed by atoms with Gasteiger partial charge in [-0.25, -0.2) is 4.98 Å². The van der Waals surface area contributed by atoms with Crippen molar-refractivity contribution in [2.24, 2.45) is 0 Å². The molecule has 3 heteroatoms. The van der Waals surface area contributed by atoms with Gasteiger partial charge in [0.15, 0.2) is 0 Å². The summed E-state index contributed by atoms with van der Waals surface area (Å²) in [5, 5.41) is 10.00. The minimum Gasteiger partial charge on any atom is -0.392 e. The summed E-state index contributed by atoms with van der Waals surface area (Å²) in [5.41, 5.74) is 2.31. The number of aliphatic hydroxyl groups excluding tert-OH is 1. The summed E-state index contributed by atoms with van der Waals surface area (Å²) in [5.74, 6) is 0. The molecule has 0 saturated carbocycles. The highest BCUT2D eigenvalue weighted by atomic mass is 32.2. The monoisotopic (exact) mass is 273 g/mol. The molecule has 19 heavy (non-hydrogen) atoms. The Morgan fingerprint density at radius 1 is 1.05 bits per heavy atom. The Morgan fingerprint density at radius 2 is 1.74 bits per heavy atom. The number of hydrogen-bond donors (Lipinski definition) is 1. The third-order valence-electron chi connectivity index (χ3n) is 2.93. The van der Waals surface area contributed by atoms with Crippen molar-refractivity contribution < 1.29 is 5.11 Å². The highest BCUT2D eigenvalue weighted by Crippen LogP contribution is 2.28. The van der Waals surface area contributed by atoms with Crippen LogP contribution in [0.4, 0.5) is 0 Å². The van der Waals surface area contributed by atoms with Crippen molar-refractivity contribution in [1.29, 1.82) is 0 Å². The fourth-order valence-corrected chi connectivity index (χ4v) is 2.42. The number of pyridine rings is 1. The standard InChI is InChI=1S/C16H19NOS/c1-16(2,3)13-6-9-15(17-10-13)19-14-7-4-12(11-18)5-8-14/h4-10,18H,11H2,1-3H3. The van der Waals surface area contributed by atoms with E-state index >= 15 is 0 Å². The van der Waals surface area contributed by atoms with E-state index in [2.05, 4.69) is 37.9 Å². The van der Waals surface area contributed by atoms with Crippen molar-refractivity contribution in [1.82, 2.24) is 4.98 Å². The maximum Gasteiger partial charge on any atom is 0.101 e. The molecule has 2 nitrogen and oxygen atoms in total. The van der Waals surface area contributed by atoms with E-state index < -0.39 is 0 Å². The first-order valence-electron chi connectivity index (χ1n) is 6.33. The first-order valence-corrected chi connectivity index (χ1v) is 7.15. The molecule has 1 aromatic carbocycles. The summed E-state index contributed by atoms with van der Waals surface area (Å²) in [6.07, 6.45) is 1.95. The zero-order valence-corrected chi connectivity index (χ0v) is 12.4. The van der Waals surface area contributed by atoms with E-state index in [4.69, 9.17) is 5.11 Å². The number of aromatic nitrogens is 1. The highest BCUT2D eigenvalue weighted by Gasteiger charge is 2.13. The smallest absolute Gasteiger partial charge is 0.101 e. The van der Waals surface area contributed by atoms with E-state index in [1.807, 2.05) is 30.5 Å². The lowest BCUT2D eigenvalue weighted by atomic mass is 9.88. The van der Waals surface area contributed by atoms with Crippen molar-refractivity contribution in [3.63, 3.8) is 0 Å². The predicted molar refractivity (Wildman–Crippen MR) is 79.4 cm³/mol. The number of rotatable bonds is 3. The van der Waals surface area contributed by atoms with Crippen LogP contribution in [0.5, 0.6) is 0 Å². The quantitative estimate of drug-likeness (QED) is 0.916. The first kappa shape index (κ1) is 14.1. The summed E-state index contributed by atoms with van der Waals surface area (Å²) < 4.78 is 0. The van der Waals surface area contributed by atoms with E-state index in [0.717, 1.165) is 15.5 Å². The van der Waals surface area contributed by atoms with Gasteiger partial charge in [0.1, 0.15) is 5.03 Å². The number of benzene rings is 1. The van der Waals surface area contributed by atoms with Crippen LogP contribution in [0, 0.1) is 0 Å². The Labute approximate surface area is 118 Å². The van der Waals surface area contributed by atoms with E-state index in [0.29, 0.717) is 0 Å². The van der Waals surface area contributed by atoms with Crippen molar-refractivity contribution >= 4 is 11.8 Å². The largest absolute Gasteiger partial charge is 0.392 e. The molecule has 0 bridgehead atoms. The van der Waals surface area contributed by atoms with Crippen LogP contribution in [0.2, 0.25) is 0 Å². The molecule has 0 aliphatic rings. The van der Waals surface area contributed by atoms with Gasteiger partial charge in [-0.2, -0.15) is 0 Å². The minimum atomic E-state index is 0.0868. The maximum absolute atomic E-state index is 9.01. The summed E-state index contributed by atoms with van der Waals surface area (Å²) >= 11 is 1.63. The summed E-state index contributed by atoms with van der Waals surface area (Å²) in [6, 6.07) is 12.1. The van der Waals surface area contributed by atoms with Crippen LogP contribution in [-0.2, 0) is 12.0 Å². The first-order chi connectivity index (χ1) is 8.99. The average molecular weight is 273 g/mol. The van der Waals surface area contributed by atoms with Gasteiger partial charge in [-0.1, -0.05) is 50.7 Å². The van der Waals surface area contributed by atoms with Crippen LogP contribution in [0.3, 0.4) is 0 Å². The second kappa shape index (κ2) is 5.76. The molecule has 1 N–H and O–H groups in total. The molecule has 0 spiro atoms. The predicted octanol–water partition coefficient (Wildman–Crippen LogP) is 4.02. The lowest BCUT2D eigenvalue weighted by molar-refractivity contribution is 0.282. The van der Waals surface area contributed by atoms with Gasteiger partial charge < -0.3 is 5.11 Å². The third kappa shape index (κ3) is 3.82.